The van der Waals surface area contributed by atoms with E-state index >= 15 is 0 Å². The molecule has 0 aromatic heterocycles. The number of halogens is 2. The summed E-state index contributed by atoms with van der Waals surface area (Å²) in [5.74, 6) is -1.46. The third kappa shape index (κ3) is 4.65. The molecule has 0 nitrogen and oxygen atoms in total. The number of fused-ring (bicyclic) bond motifs is 2. The van der Waals surface area contributed by atoms with Crippen molar-refractivity contribution in [3.8, 4) is 0 Å². The van der Waals surface area contributed by atoms with E-state index in [1.54, 1.807) is 0 Å². The molecule has 0 fully saturated rings. The molecule has 36 heavy (non-hydrogen) atoms. The van der Waals surface area contributed by atoms with Gasteiger partial charge in [0, 0.05) is 0 Å². The summed E-state index contributed by atoms with van der Waals surface area (Å²) in [7, 11) is 16.8. The van der Waals surface area contributed by atoms with Crippen LogP contribution >= 0.6 is 17.0 Å². The number of hydrogen-bond acceptors (Lipinski definition) is 0. The van der Waals surface area contributed by atoms with Crippen molar-refractivity contribution in [2.45, 2.75) is 99.4 Å². The summed E-state index contributed by atoms with van der Waals surface area (Å²) in [4.78, 5) is 0. The van der Waals surface area contributed by atoms with Crippen LogP contribution in [0.3, 0.4) is 0 Å². The van der Waals surface area contributed by atoms with Crippen molar-refractivity contribution in [2.75, 3.05) is 0 Å². The zero-order chi connectivity index (χ0) is 26.1. The maximum atomic E-state index is 8.41. The molecule has 2 unspecified atom stereocenters. The summed E-state index contributed by atoms with van der Waals surface area (Å²) >= 11 is -4.54. The molecule has 4 rings (SSSR count). The fraction of sp³-hybridized carbons (Fsp3) is 0.500. The molecule has 2 aliphatic rings. The molecule has 0 N–H and O–H groups in total. The predicted octanol–water partition coefficient (Wildman–Crippen LogP) is 10.7. The van der Waals surface area contributed by atoms with Gasteiger partial charge in [0.05, 0.1) is 0 Å². The van der Waals surface area contributed by atoms with Gasteiger partial charge in [0.25, 0.3) is 0 Å². The van der Waals surface area contributed by atoms with E-state index in [-0.39, 0.29) is 7.25 Å². The van der Waals surface area contributed by atoms with Crippen LogP contribution in [0.15, 0.2) is 47.5 Å². The van der Waals surface area contributed by atoms with Crippen LogP contribution in [0.2, 0.25) is 13.1 Å². The van der Waals surface area contributed by atoms with E-state index in [1.807, 2.05) is 0 Å². The van der Waals surface area contributed by atoms with Crippen molar-refractivity contribution in [1.82, 2.24) is 0 Å². The molecule has 2 atom stereocenters. The Morgan fingerprint density at radius 2 is 1.11 bits per heavy atom. The second-order valence-corrected chi connectivity index (χ2v) is 53.9. The summed E-state index contributed by atoms with van der Waals surface area (Å²) in [5.41, 5.74) is 11.7. The fourth-order valence-corrected chi connectivity index (χ4v) is 38.8. The Balaban J connectivity index is 1.94. The first-order chi connectivity index (χ1) is 17.2. The minimum atomic E-state index is -4.54. The quantitative estimate of drug-likeness (QED) is 0.220. The van der Waals surface area contributed by atoms with E-state index in [9.17, 15) is 0 Å². The van der Waals surface area contributed by atoms with Crippen LogP contribution in [0.25, 0.3) is 12.2 Å². The second kappa shape index (κ2) is 11.4. The molecule has 2 aromatic carbocycles. The molecule has 0 aliphatic heterocycles. The van der Waals surface area contributed by atoms with E-state index < -0.39 is 21.5 Å². The van der Waals surface area contributed by atoms with Crippen LogP contribution in [0.1, 0.15) is 107 Å². The Hall–Kier alpha value is -0.400. The molecule has 0 saturated carbocycles. The Bertz CT molecular complexity index is 1090. The Morgan fingerprint density at radius 3 is 1.44 bits per heavy atom. The summed E-state index contributed by atoms with van der Waals surface area (Å²) in [6, 6.07) is 14.0. The van der Waals surface area contributed by atoms with Crippen LogP contribution in [-0.2, 0) is 28.4 Å². The first-order valence-electron chi connectivity index (χ1n) is 14.4. The van der Waals surface area contributed by atoms with Crippen LogP contribution < -0.4 is 0 Å². The van der Waals surface area contributed by atoms with Gasteiger partial charge in [0.2, 0.25) is 0 Å². The first kappa shape index (κ1) is 28.6. The summed E-state index contributed by atoms with van der Waals surface area (Å²) in [6.07, 6.45) is 14.2. The van der Waals surface area contributed by atoms with Gasteiger partial charge in [-0.2, -0.15) is 0 Å². The molecule has 0 bridgehead atoms. The third-order valence-corrected chi connectivity index (χ3v) is 61.0. The zero-order valence-electron chi connectivity index (χ0n) is 23.3. The topological polar surface area (TPSA) is 0 Å². The molecule has 2 aliphatic carbocycles. The molecule has 0 heterocycles. The van der Waals surface area contributed by atoms with Gasteiger partial charge in [-0.15, -0.1) is 0 Å². The maximum absolute atomic E-state index is 8.41. The van der Waals surface area contributed by atoms with E-state index in [0.717, 1.165) is 25.7 Å². The average molecular weight is 620 g/mol. The minimum absolute atomic E-state index is 0.230. The Kier molecular flexibility index (Phi) is 9.04. The van der Waals surface area contributed by atoms with Crippen molar-refractivity contribution >= 4 is 35.1 Å². The summed E-state index contributed by atoms with van der Waals surface area (Å²) in [6.45, 7) is 14.1. The van der Waals surface area contributed by atoms with E-state index in [4.69, 9.17) is 17.0 Å². The van der Waals surface area contributed by atoms with Crippen molar-refractivity contribution in [3.05, 3.63) is 80.9 Å². The van der Waals surface area contributed by atoms with Gasteiger partial charge >= 0.3 is 231 Å². The van der Waals surface area contributed by atoms with Gasteiger partial charge in [-0.25, -0.2) is 0 Å². The fourth-order valence-electron chi connectivity index (χ4n) is 6.98. The Labute approximate surface area is 229 Å². The summed E-state index contributed by atoms with van der Waals surface area (Å²) in [5, 5.41) is 0. The first-order valence-corrected chi connectivity index (χ1v) is 30.8. The van der Waals surface area contributed by atoms with E-state index in [2.05, 4.69) is 89.3 Å². The average Bonchev–Trinajstić information content (AvgIpc) is 3.46. The molecule has 195 valence electrons. The SMILES string of the molecule is CCCCc1cccc2c1C=C(CC)[CH]2[Zr]([Cl])([Cl])([CH]1C(CC)=Cc2c(CCCC)cccc21)[SiH](C)C. The van der Waals surface area contributed by atoms with Crippen LogP contribution in [0, 0.1) is 0 Å². The van der Waals surface area contributed by atoms with E-state index in [1.165, 1.54) is 70.2 Å². The Morgan fingerprint density at radius 1 is 0.694 bits per heavy atom. The van der Waals surface area contributed by atoms with Crippen molar-refractivity contribution in [3.63, 3.8) is 0 Å². The second-order valence-electron chi connectivity index (χ2n) is 11.4. The number of unbranched alkanes of at least 4 members (excludes halogenated alkanes) is 2. The van der Waals surface area contributed by atoms with Gasteiger partial charge in [-0.05, 0) is 0 Å². The van der Waals surface area contributed by atoms with Gasteiger partial charge in [0.15, 0.2) is 0 Å². The molecule has 4 heteroatoms. The summed E-state index contributed by atoms with van der Waals surface area (Å²) < 4.78 is 0.460. The molecule has 0 saturated heterocycles. The van der Waals surface area contributed by atoms with E-state index in [0.29, 0.717) is 0 Å². The van der Waals surface area contributed by atoms with Gasteiger partial charge in [0.1, 0.15) is 0 Å². The van der Waals surface area contributed by atoms with Gasteiger partial charge in [-0.3, -0.25) is 0 Å². The number of hydrogen-bond donors (Lipinski definition) is 0. The zero-order valence-corrected chi connectivity index (χ0v) is 28.4. The van der Waals surface area contributed by atoms with Crippen LogP contribution in [-0.4, -0.2) is 5.92 Å². The number of allylic oxidation sites excluding steroid dienone is 2. The van der Waals surface area contributed by atoms with Crippen LogP contribution in [0.4, 0.5) is 0 Å². The number of benzene rings is 2. The predicted molar refractivity (Wildman–Crippen MR) is 163 cm³/mol. The molecule has 0 spiro atoms. The van der Waals surface area contributed by atoms with Crippen molar-refractivity contribution < 1.29 is 15.6 Å². The molecule has 0 radical (unpaired) electrons. The standard InChI is InChI=1S/2C15H19.C2H7Si.2ClH.Zr/c2*1-3-5-7-13-8-6-9-14-10-12(4-2)11-15(13)14;1-3-2;;;/h2*6,8-11H,3-5,7H2,1-2H3;3H,1-2H3;2*1H;/q;;;;;+2/p-2. The normalized spacial score (nSPS) is 20.1. The molecular formula is C32H45Cl2SiZr. The van der Waals surface area contributed by atoms with Gasteiger partial charge < -0.3 is 0 Å². The number of rotatable bonds is 11. The third-order valence-electron chi connectivity index (χ3n) is 9.11. The molecule has 0 amide bonds. The van der Waals surface area contributed by atoms with Gasteiger partial charge in [-0.1, -0.05) is 0 Å². The molecule has 2 aromatic rings. The molecular weight excluding hydrogens is 575 g/mol. The van der Waals surface area contributed by atoms with Crippen LogP contribution in [0.5, 0.6) is 0 Å². The van der Waals surface area contributed by atoms with Crippen molar-refractivity contribution in [1.29, 1.82) is 0 Å². The monoisotopic (exact) mass is 617 g/mol. The number of aryl methyl sites for hydroxylation is 2. The van der Waals surface area contributed by atoms with Crippen molar-refractivity contribution in [2.24, 2.45) is 0 Å².